The predicted octanol–water partition coefficient (Wildman–Crippen LogP) is 2.71. The number of nitrogens with zero attached hydrogens (tertiary/aromatic N) is 2. The van der Waals surface area contributed by atoms with Gasteiger partial charge in [0.25, 0.3) is 0 Å². The molecule has 0 amide bonds. The highest BCUT2D eigenvalue weighted by Crippen LogP contribution is 2.36. The van der Waals surface area contributed by atoms with Crippen LogP contribution in [-0.2, 0) is 0 Å². The van der Waals surface area contributed by atoms with Crippen LogP contribution >= 0.6 is 0 Å². The van der Waals surface area contributed by atoms with Gasteiger partial charge in [0, 0.05) is 12.2 Å². The smallest absolute Gasteiger partial charge is 0.129 e. The van der Waals surface area contributed by atoms with Crippen LogP contribution in [-0.4, -0.2) is 29.8 Å². The molecule has 1 aromatic heterocycles. The lowest BCUT2D eigenvalue weighted by molar-refractivity contribution is 0.194. The summed E-state index contributed by atoms with van der Waals surface area (Å²) in [4.78, 5) is 6.76. The minimum atomic E-state index is -0.330. The Morgan fingerprint density at radius 3 is 2.81 bits per heavy atom. The summed E-state index contributed by atoms with van der Waals surface area (Å²) in [6, 6.07) is 14.1. The van der Waals surface area contributed by atoms with E-state index >= 15 is 0 Å². The summed E-state index contributed by atoms with van der Waals surface area (Å²) in [6.45, 7) is 2.59. The van der Waals surface area contributed by atoms with Crippen molar-refractivity contribution in [2.45, 2.75) is 25.5 Å². The van der Waals surface area contributed by atoms with Crippen molar-refractivity contribution >= 4 is 5.82 Å². The van der Waals surface area contributed by atoms with Crippen LogP contribution in [0.1, 0.15) is 23.7 Å². The van der Waals surface area contributed by atoms with E-state index in [4.69, 9.17) is 4.74 Å². The lowest BCUT2D eigenvalue weighted by Gasteiger charge is -2.26. The molecule has 110 valence electrons. The summed E-state index contributed by atoms with van der Waals surface area (Å²) in [5.74, 6) is 1.76. The highest BCUT2D eigenvalue weighted by molar-refractivity contribution is 5.46. The molecule has 0 unspecified atom stereocenters. The molecule has 1 N–H and O–H groups in total. The molecule has 1 aliphatic rings. The van der Waals surface area contributed by atoms with Gasteiger partial charge in [-0.3, -0.25) is 0 Å². The van der Waals surface area contributed by atoms with E-state index < -0.39 is 0 Å². The molecule has 0 spiro atoms. The van der Waals surface area contributed by atoms with E-state index in [0.29, 0.717) is 13.0 Å². The van der Waals surface area contributed by atoms with E-state index in [9.17, 15) is 5.11 Å². The van der Waals surface area contributed by atoms with Crippen LogP contribution in [0.5, 0.6) is 5.75 Å². The van der Waals surface area contributed by atoms with Gasteiger partial charge < -0.3 is 14.7 Å². The van der Waals surface area contributed by atoms with Gasteiger partial charge >= 0.3 is 0 Å². The third-order valence-electron chi connectivity index (χ3n) is 3.93. The summed E-state index contributed by atoms with van der Waals surface area (Å²) >= 11 is 0. The van der Waals surface area contributed by atoms with Crippen molar-refractivity contribution in [3.05, 3.63) is 53.7 Å². The molecule has 1 fully saturated rings. The first-order chi connectivity index (χ1) is 10.2. The van der Waals surface area contributed by atoms with Gasteiger partial charge in [0.1, 0.15) is 11.6 Å². The number of anilines is 1. The van der Waals surface area contributed by atoms with Crippen LogP contribution in [0, 0.1) is 6.92 Å². The van der Waals surface area contributed by atoms with Crippen molar-refractivity contribution in [2.24, 2.45) is 0 Å². The molecule has 4 nitrogen and oxygen atoms in total. The molecule has 1 aliphatic heterocycles. The highest BCUT2D eigenvalue weighted by Gasteiger charge is 2.33. The Hall–Kier alpha value is -2.07. The van der Waals surface area contributed by atoms with Gasteiger partial charge in [0.15, 0.2) is 0 Å². The zero-order valence-electron chi connectivity index (χ0n) is 12.4. The summed E-state index contributed by atoms with van der Waals surface area (Å²) in [7, 11) is 1.67. The van der Waals surface area contributed by atoms with Crippen molar-refractivity contribution in [2.75, 3.05) is 18.6 Å². The number of β-amino-alcohol motifs (C(OH)–C–C–N with tert-alkyl or cyclic N) is 1. The van der Waals surface area contributed by atoms with Gasteiger partial charge in [0.05, 0.1) is 19.3 Å². The molecule has 0 aliphatic carbocycles. The second-order valence-corrected chi connectivity index (χ2v) is 5.47. The number of aliphatic hydroxyl groups excluding tert-OH is 1. The van der Waals surface area contributed by atoms with Gasteiger partial charge in [-0.1, -0.05) is 18.2 Å². The summed E-state index contributed by atoms with van der Waals surface area (Å²) < 4.78 is 5.30. The number of aryl methyl sites for hydroxylation is 1. The maximum absolute atomic E-state index is 10.1. The fourth-order valence-electron chi connectivity index (χ4n) is 2.92. The summed E-state index contributed by atoms with van der Waals surface area (Å²) in [5, 5.41) is 10.1. The second-order valence-electron chi connectivity index (χ2n) is 5.47. The third kappa shape index (κ3) is 2.85. The van der Waals surface area contributed by atoms with Crippen LogP contribution in [0.3, 0.4) is 0 Å². The number of aromatic nitrogens is 1. The lowest BCUT2D eigenvalue weighted by Crippen LogP contribution is -2.25. The van der Waals surface area contributed by atoms with Crippen molar-refractivity contribution in [3.8, 4) is 5.75 Å². The van der Waals surface area contributed by atoms with E-state index in [1.165, 1.54) is 0 Å². The predicted molar refractivity (Wildman–Crippen MR) is 82.7 cm³/mol. The Labute approximate surface area is 125 Å². The molecule has 2 heterocycles. The molecule has 0 saturated carbocycles. The van der Waals surface area contributed by atoms with E-state index in [2.05, 4.69) is 16.0 Å². The van der Waals surface area contributed by atoms with E-state index in [0.717, 1.165) is 22.8 Å². The number of pyridine rings is 1. The third-order valence-corrected chi connectivity index (χ3v) is 3.93. The second kappa shape index (κ2) is 5.74. The molecule has 3 rings (SSSR count). The fourth-order valence-corrected chi connectivity index (χ4v) is 2.92. The molecule has 1 saturated heterocycles. The number of methoxy groups -OCH3 is 1. The van der Waals surface area contributed by atoms with Gasteiger partial charge in [0.2, 0.25) is 0 Å². The highest BCUT2D eigenvalue weighted by atomic mass is 16.5. The van der Waals surface area contributed by atoms with E-state index in [1.807, 2.05) is 43.3 Å². The number of ether oxygens (including phenoxy) is 1. The van der Waals surface area contributed by atoms with Crippen LogP contribution in [0.15, 0.2) is 42.5 Å². The Balaban J connectivity index is 1.95. The number of rotatable bonds is 3. The maximum Gasteiger partial charge on any atom is 0.129 e. The Bertz CT molecular complexity index is 630. The van der Waals surface area contributed by atoms with Crippen LogP contribution in [0.25, 0.3) is 0 Å². The van der Waals surface area contributed by atoms with Crippen LogP contribution in [0.2, 0.25) is 0 Å². The zero-order chi connectivity index (χ0) is 14.8. The van der Waals surface area contributed by atoms with Crippen LogP contribution < -0.4 is 9.64 Å². The molecular weight excluding hydrogens is 264 g/mol. The molecule has 21 heavy (non-hydrogen) atoms. The Morgan fingerprint density at radius 2 is 2.05 bits per heavy atom. The zero-order valence-corrected chi connectivity index (χ0v) is 12.4. The topological polar surface area (TPSA) is 45.6 Å². The molecule has 2 aromatic rings. The van der Waals surface area contributed by atoms with Crippen molar-refractivity contribution < 1.29 is 9.84 Å². The van der Waals surface area contributed by atoms with Gasteiger partial charge in [-0.25, -0.2) is 4.98 Å². The van der Waals surface area contributed by atoms with Gasteiger partial charge in [-0.2, -0.15) is 0 Å². The SMILES string of the molecule is COc1cccc([C@H]2C[C@@H](O)CN2c2cccc(C)n2)c1. The quantitative estimate of drug-likeness (QED) is 0.941. The molecule has 2 atom stereocenters. The molecule has 1 aromatic carbocycles. The minimum Gasteiger partial charge on any atom is -0.497 e. The van der Waals surface area contributed by atoms with Gasteiger partial charge in [-0.05, 0) is 43.2 Å². The van der Waals surface area contributed by atoms with Gasteiger partial charge in [-0.15, -0.1) is 0 Å². The minimum absolute atomic E-state index is 0.129. The van der Waals surface area contributed by atoms with E-state index in [-0.39, 0.29) is 12.1 Å². The first-order valence-electron chi connectivity index (χ1n) is 7.19. The monoisotopic (exact) mass is 284 g/mol. The normalized spacial score (nSPS) is 21.6. The largest absolute Gasteiger partial charge is 0.497 e. The van der Waals surface area contributed by atoms with Crippen molar-refractivity contribution in [1.82, 2.24) is 4.98 Å². The molecule has 4 heteroatoms. The Morgan fingerprint density at radius 1 is 1.24 bits per heavy atom. The lowest BCUT2D eigenvalue weighted by atomic mass is 10.0. The van der Waals surface area contributed by atoms with Crippen molar-refractivity contribution in [3.63, 3.8) is 0 Å². The fraction of sp³-hybridized carbons (Fsp3) is 0.353. The molecule has 0 radical (unpaired) electrons. The van der Waals surface area contributed by atoms with Crippen LogP contribution in [0.4, 0.5) is 5.82 Å². The first kappa shape index (κ1) is 13.9. The standard InChI is InChI=1S/C17H20N2O2/c1-12-5-3-8-17(18-12)19-11-14(20)10-16(19)13-6-4-7-15(9-13)21-2/h3-9,14,16,20H,10-11H2,1-2H3/t14-,16-/m1/s1. The van der Waals surface area contributed by atoms with E-state index in [1.54, 1.807) is 7.11 Å². The number of hydrogen-bond acceptors (Lipinski definition) is 4. The maximum atomic E-state index is 10.1. The number of benzene rings is 1. The summed E-state index contributed by atoms with van der Waals surface area (Å²) in [5.41, 5.74) is 2.13. The first-order valence-corrected chi connectivity index (χ1v) is 7.19. The molecular formula is C17H20N2O2. The average molecular weight is 284 g/mol. The molecule has 0 bridgehead atoms. The number of hydrogen-bond donors (Lipinski definition) is 1. The summed E-state index contributed by atoms with van der Waals surface area (Å²) in [6.07, 6.45) is 0.381. The van der Waals surface area contributed by atoms with Crippen molar-refractivity contribution in [1.29, 1.82) is 0 Å². The number of aliphatic hydroxyl groups is 1. The average Bonchev–Trinajstić information content (AvgIpc) is 2.89. The Kier molecular flexibility index (Phi) is 3.80.